The Balaban J connectivity index is 1.33. The number of carbonyl (C=O) groups excluding carboxylic acids is 1. The number of nitrogens with zero attached hydrogens (tertiary/aromatic N) is 2. The van der Waals surface area contributed by atoms with Crippen LogP contribution >= 0.6 is 11.6 Å². The minimum atomic E-state index is -0.199. The maximum Gasteiger partial charge on any atom is 0.253 e. The quantitative estimate of drug-likeness (QED) is 0.669. The molecule has 2 atom stereocenters. The molecule has 0 bridgehead atoms. The van der Waals surface area contributed by atoms with E-state index in [1.807, 2.05) is 24.3 Å². The number of hydrogen-bond acceptors (Lipinski definition) is 5. The molecule has 1 aromatic heterocycles. The summed E-state index contributed by atoms with van der Waals surface area (Å²) in [6, 6.07) is 11.6. The van der Waals surface area contributed by atoms with Crippen molar-refractivity contribution in [3.8, 4) is 11.5 Å². The lowest BCUT2D eigenvalue weighted by atomic mass is 9.96. The Morgan fingerprint density at radius 2 is 2.07 bits per heavy atom. The summed E-state index contributed by atoms with van der Waals surface area (Å²) in [6.07, 6.45) is 1.63. The van der Waals surface area contributed by atoms with Gasteiger partial charge in [-0.1, -0.05) is 23.7 Å². The largest absolute Gasteiger partial charge is 0.486 e. The molecule has 1 saturated heterocycles. The number of imidazole rings is 1. The van der Waals surface area contributed by atoms with E-state index in [0.29, 0.717) is 35.3 Å². The Kier molecular flexibility index (Phi) is 5.00. The smallest absolute Gasteiger partial charge is 0.253 e. The van der Waals surface area contributed by atoms with Crippen molar-refractivity contribution in [2.45, 2.75) is 24.9 Å². The molecule has 2 N–H and O–H groups in total. The summed E-state index contributed by atoms with van der Waals surface area (Å²) < 4.78 is 11.1. The van der Waals surface area contributed by atoms with Gasteiger partial charge in [0.25, 0.3) is 5.91 Å². The van der Waals surface area contributed by atoms with Gasteiger partial charge in [0, 0.05) is 12.6 Å². The van der Waals surface area contributed by atoms with Gasteiger partial charge in [0.1, 0.15) is 19.0 Å². The molecule has 5 rings (SSSR count). The SMILES string of the molecule is CN1CC[C@@H](NC(=O)c2ccc3c(c2Cl)OCCO3)C[C@@H]1c1nc2ccccc2[nH]1. The van der Waals surface area contributed by atoms with Gasteiger partial charge < -0.3 is 19.8 Å². The Labute approximate surface area is 179 Å². The Bertz CT molecular complexity index is 1070. The number of H-pyrrole nitrogens is 1. The van der Waals surface area contributed by atoms with Crippen molar-refractivity contribution in [1.29, 1.82) is 0 Å². The molecule has 8 heteroatoms. The molecule has 2 aliphatic heterocycles. The average molecular weight is 427 g/mol. The van der Waals surface area contributed by atoms with Crippen LogP contribution in [-0.2, 0) is 0 Å². The molecular weight excluding hydrogens is 404 g/mol. The zero-order valence-corrected chi connectivity index (χ0v) is 17.4. The normalized spacial score (nSPS) is 21.5. The molecule has 0 aliphatic carbocycles. The summed E-state index contributed by atoms with van der Waals surface area (Å²) in [6.45, 7) is 1.76. The van der Waals surface area contributed by atoms with E-state index in [1.54, 1.807) is 12.1 Å². The minimum Gasteiger partial charge on any atom is -0.486 e. The summed E-state index contributed by atoms with van der Waals surface area (Å²) in [4.78, 5) is 23.4. The number of para-hydroxylation sites is 2. The lowest BCUT2D eigenvalue weighted by molar-refractivity contribution is 0.0883. The third-order valence-electron chi connectivity index (χ3n) is 5.82. The molecule has 0 spiro atoms. The molecule has 1 amide bonds. The van der Waals surface area contributed by atoms with E-state index in [1.165, 1.54) is 0 Å². The summed E-state index contributed by atoms with van der Waals surface area (Å²) in [7, 11) is 2.09. The molecule has 1 fully saturated rings. The number of likely N-dealkylation sites (tertiary alicyclic amines) is 1. The lowest BCUT2D eigenvalue weighted by Gasteiger charge is -2.36. The van der Waals surface area contributed by atoms with Gasteiger partial charge >= 0.3 is 0 Å². The molecule has 30 heavy (non-hydrogen) atoms. The lowest BCUT2D eigenvalue weighted by Crippen LogP contribution is -2.45. The molecule has 3 heterocycles. The van der Waals surface area contributed by atoms with Gasteiger partial charge in [0.2, 0.25) is 0 Å². The molecular formula is C22H23ClN4O3. The molecule has 2 aromatic carbocycles. The first kappa shape index (κ1) is 19.2. The first-order valence-electron chi connectivity index (χ1n) is 10.1. The number of fused-ring (bicyclic) bond motifs is 2. The maximum atomic E-state index is 13.0. The van der Waals surface area contributed by atoms with Crippen molar-refractivity contribution in [3.05, 3.63) is 52.8 Å². The molecule has 3 aromatic rings. The van der Waals surface area contributed by atoms with Crippen LogP contribution in [0.1, 0.15) is 35.1 Å². The van der Waals surface area contributed by atoms with E-state index >= 15 is 0 Å². The van der Waals surface area contributed by atoms with Crippen molar-refractivity contribution >= 4 is 28.5 Å². The second-order valence-electron chi connectivity index (χ2n) is 7.78. The molecule has 156 valence electrons. The number of hydrogen-bond donors (Lipinski definition) is 2. The first-order valence-corrected chi connectivity index (χ1v) is 10.5. The van der Waals surface area contributed by atoms with Crippen LogP contribution in [0.5, 0.6) is 11.5 Å². The van der Waals surface area contributed by atoms with Crippen LogP contribution in [0.3, 0.4) is 0 Å². The van der Waals surface area contributed by atoms with E-state index in [0.717, 1.165) is 36.2 Å². The van der Waals surface area contributed by atoms with Crippen LogP contribution in [-0.4, -0.2) is 53.6 Å². The fourth-order valence-corrected chi connectivity index (χ4v) is 4.48. The van der Waals surface area contributed by atoms with Gasteiger partial charge in [-0.2, -0.15) is 0 Å². The summed E-state index contributed by atoms with van der Waals surface area (Å²) in [5, 5.41) is 3.45. The standard InChI is InChI=1S/C22H23ClN4O3/c1-27-9-8-13(12-17(27)21-25-15-4-2-3-5-16(15)26-21)24-22(28)14-6-7-18-20(19(14)23)30-11-10-29-18/h2-7,13,17H,8-12H2,1H3,(H,24,28)(H,25,26)/t13-,17-/m1/s1. The van der Waals surface area contributed by atoms with Gasteiger partial charge in [-0.3, -0.25) is 9.69 Å². The number of rotatable bonds is 3. The number of carbonyl (C=O) groups is 1. The van der Waals surface area contributed by atoms with Crippen molar-refractivity contribution in [3.63, 3.8) is 0 Å². The van der Waals surface area contributed by atoms with Gasteiger partial charge in [0.05, 0.1) is 27.7 Å². The van der Waals surface area contributed by atoms with E-state index < -0.39 is 0 Å². The second-order valence-corrected chi connectivity index (χ2v) is 8.16. The van der Waals surface area contributed by atoms with Gasteiger partial charge in [0.15, 0.2) is 11.5 Å². The fraction of sp³-hybridized carbons (Fsp3) is 0.364. The highest BCUT2D eigenvalue weighted by molar-refractivity contribution is 6.35. The zero-order chi connectivity index (χ0) is 20.7. The van der Waals surface area contributed by atoms with Crippen molar-refractivity contribution in [2.24, 2.45) is 0 Å². The number of piperidine rings is 1. The van der Waals surface area contributed by atoms with Gasteiger partial charge in [-0.25, -0.2) is 4.98 Å². The Morgan fingerprint density at radius 3 is 2.93 bits per heavy atom. The van der Waals surface area contributed by atoms with E-state index in [4.69, 9.17) is 26.1 Å². The monoisotopic (exact) mass is 426 g/mol. The first-order chi connectivity index (χ1) is 14.6. The predicted molar refractivity (Wildman–Crippen MR) is 114 cm³/mol. The van der Waals surface area contributed by atoms with Crippen molar-refractivity contribution < 1.29 is 14.3 Å². The number of benzene rings is 2. The molecule has 0 radical (unpaired) electrons. The van der Waals surface area contributed by atoms with Gasteiger partial charge in [-0.05, 0) is 44.2 Å². The molecule has 0 saturated carbocycles. The summed E-state index contributed by atoms with van der Waals surface area (Å²) in [5.74, 6) is 1.75. The number of halogens is 1. The zero-order valence-electron chi connectivity index (χ0n) is 16.7. The van der Waals surface area contributed by atoms with Gasteiger partial charge in [-0.15, -0.1) is 0 Å². The van der Waals surface area contributed by atoms with Crippen LogP contribution in [0.4, 0.5) is 0 Å². The number of aromatic amines is 1. The average Bonchev–Trinajstić information content (AvgIpc) is 3.19. The van der Waals surface area contributed by atoms with E-state index in [2.05, 4.69) is 22.2 Å². The second kappa shape index (κ2) is 7.81. The van der Waals surface area contributed by atoms with E-state index in [-0.39, 0.29) is 18.0 Å². The van der Waals surface area contributed by atoms with E-state index in [9.17, 15) is 4.79 Å². The predicted octanol–water partition coefficient (Wildman–Crippen LogP) is 3.55. The Hall–Kier alpha value is -2.77. The third-order valence-corrected chi connectivity index (χ3v) is 6.20. The number of amides is 1. The molecule has 7 nitrogen and oxygen atoms in total. The van der Waals surface area contributed by atoms with Crippen molar-refractivity contribution in [1.82, 2.24) is 20.2 Å². The third kappa shape index (κ3) is 3.48. The minimum absolute atomic E-state index is 0.0242. The van der Waals surface area contributed by atoms with Crippen LogP contribution in [0.25, 0.3) is 11.0 Å². The highest BCUT2D eigenvalue weighted by Gasteiger charge is 2.31. The van der Waals surface area contributed by atoms with Crippen LogP contribution < -0.4 is 14.8 Å². The fourth-order valence-electron chi connectivity index (χ4n) is 4.18. The number of nitrogens with one attached hydrogen (secondary N) is 2. The van der Waals surface area contributed by atoms with Crippen LogP contribution in [0.15, 0.2) is 36.4 Å². The summed E-state index contributed by atoms with van der Waals surface area (Å²) >= 11 is 6.44. The topological polar surface area (TPSA) is 79.5 Å². The van der Waals surface area contributed by atoms with Crippen LogP contribution in [0, 0.1) is 0 Å². The highest BCUT2D eigenvalue weighted by atomic mass is 35.5. The molecule has 2 aliphatic rings. The molecule has 0 unspecified atom stereocenters. The van der Waals surface area contributed by atoms with Crippen molar-refractivity contribution in [2.75, 3.05) is 26.8 Å². The number of aromatic nitrogens is 2. The number of ether oxygens (including phenoxy) is 2. The Morgan fingerprint density at radius 1 is 1.23 bits per heavy atom. The maximum absolute atomic E-state index is 13.0. The van der Waals surface area contributed by atoms with Crippen LogP contribution in [0.2, 0.25) is 5.02 Å². The summed E-state index contributed by atoms with van der Waals surface area (Å²) in [5.41, 5.74) is 2.38. The highest BCUT2D eigenvalue weighted by Crippen LogP contribution is 2.39.